The van der Waals surface area contributed by atoms with Crippen molar-refractivity contribution < 1.29 is 46.1 Å². The zero-order valence-corrected chi connectivity index (χ0v) is 19.0. The minimum atomic E-state index is -5.08. The lowest BCUT2D eigenvalue weighted by molar-refractivity contribution is -0.193. The first kappa shape index (κ1) is 29.4. The number of thiophene rings is 1. The highest BCUT2D eigenvalue weighted by Crippen LogP contribution is 2.16. The van der Waals surface area contributed by atoms with Crippen molar-refractivity contribution in [1.29, 1.82) is 0 Å². The smallest absolute Gasteiger partial charge is 0.475 e. The maximum atomic E-state index is 10.6. The highest BCUT2D eigenvalue weighted by atomic mass is 32.1. The summed E-state index contributed by atoms with van der Waals surface area (Å²) in [5.41, 5.74) is 2.77. The Hall–Kier alpha value is -2.65. The zero-order chi connectivity index (χ0) is 26.1. The van der Waals surface area contributed by atoms with Gasteiger partial charge in [0.05, 0.1) is 5.69 Å². The topological polar surface area (TPSA) is 98.9 Å². The van der Waals surface area contributed by atoms with Gasteiger partial charge in [0.25, 0.3) is 0 Å². The van der Waals surface area contributed by atoms with Gasteiger partial charge in [-0.15, -0.1) is 0 Å². The average molecular weight is 518 g/mol. The molecule has 1 aliphatic heterocycles. The highest BCUT2D eigenvalue weighted by Gasteiger charge is 2.38. The number of hydrogen-bond donors (Lipinski definition) is 2. The van der Waals surface area contributed by atoms with Crippen LogP contribution in [0.2, 0.25) is 0 Å². The summed E-state index contributed by atoms with van der Waals surface area (Å²) < 4.78 is 65.9. The predicted molar refractivity (Wildman–Crippen MR) is 110 cm³/mol. The first-order chi connectivity index (χ1) is 15.6. The minimum Gasteiger partial charge on any atom is -0.475 e. The van der Waals surface area contributed by atoms with Gasteiger partial charge in [-0.1, -0.05) is 0 Å². The molecule has 0 fully saturated rings. The lowest BCUT2D eigenvalue weighted by atomic mass is 10.3. The van der Waals surface area contributed by atoms with E-state index in [9.17, 15) is 26.3 Å². The van der Waals surface area contributed by atoms with Crippen molar-refractivity contribution in [2.75, 3.05) is 27.2 Å². The molecule has 2 aromatic rings. The average Bonchev–Trinajstić information content (AvgIpc) is 3.28. The van der Waals surface area contributed by atoms with Crippen LogP contribution >= 0.6 is 11.3 Å². The summed E-state index contributed by atoms with van der Waals surface area (Å²) in [4.78, 5) is 27.1. The van der Waals surface area contributed by atoms with E-state index >= 15 is 0 Å². The van der Waals surface area contributed by atoms with Crippen LogP contribution < -0.4 is 0 Å². The van der Waals surface area contributed by atoms with E-state index in [2.05, 4.69) is 50.3 Å². The molecule has 0 bridgehead atoms. The normalized spacial score (nSPS) is 14.3. The third-order valence-corrected chi connectivity index (χ3v) is 4.99. The molecule has 15 heteroatoms. The number of alkyl halides is 6. The number of aromatic nitrogens is 2. The lowest BCUT2D eigenvalue weighted by Crippen LogP contribution is -2.26. The molecule has 192 valence electrons. The largest absolute Gasteiger partial charge is 0.490 e. The van der Waals surface area contributed by atoms with Gasteiger partial charge in [-0.05, 0) is 36.5 Å². The highest BCUT2D eigenvalue weighted by molar-refractivity contribution is 7.07. The van der Waals surface area contributed by atoms with Crippen LogP contribution in [-0.4, -0.2) is 81.0 Å². The van der Waals surface area contributed by atoms with Crippen molar-refractivity contribution in [3.63, 3.8) is 0 Å². The standard InChI is InChI=1S/C15H22N4S.2C2HF3O2/c1-17(2)11-14-9-16-15-3-5-18(6-7-19(14)15)10-13-4-8-20-12-13;2*3-2(4,5)1(6)7/h4,8-9,12H,3,5-7,10-11H2,1-2H3;2*(H,6,7). The van der Waals surface area contributed by atoms with Crippen molar-refractivity contribution >= 4 is 23.3 Å². The molecule has 3 heterocycles. The van der Waals surface area contributed by atoms with E-state index in [4.69, 9.17) is 19.8 Å². The van der Waals surface area contributed by atoms with Crippen LogP contribution in [0.5, 0.6) is 0 Å². The van der Waals surface area contributed by atoms with Crippen LogP contribution in [0.15, 0.2) is 23.0 Å². The second-order valence-corrected chi connectivity index (χ2v) is 8.10. The van der Waals surface area contributed by atoms with Gasteiger partial charge in [0.1, 0.15) is 5.82 Å². The van der Waals surface area contributed by atoms with Crippen molar-refractivity contribution in [1.82, 2.24) is 19.4 Å². The van der Waals surface area contributed by atoms with Gasteiger partial charge in [-0.3, -0.25) is 4.90 Å². The number of nitrogens with zero attached hydrogens (tertiary/aromatic N) is 4. The van der Waals surface area contributed by atoms with Crippen molar-refractivity contribution in [2.24, 2.45) is 0 Å². The number of rotatable bonds is 4. The molecule has 2 N–H and O–H groups in total. The predicted octanol–water partition coefficient (Wildman–Crippen LogP) is 3.33. The fourth-order valence-corrected chi connectivity index (χ4v) is 3.45. The molecule has 3 rings (SSSR count). The maximum absolute atomic E-state index is 10.6. The SMILES string of the molecule is CN(C)Cc1cnc2n1CCN(Cc1ccsc1)CC2.O=C(O)C(F)(F)F.O=C(O)C(F)(F)F. The van der Waals surface area contributed by atoms with E-state index in [0.29, 0.717) is 0 Å². The quantitative estimate of drug-likeness (QED) is 0.600. The van der Waals surface area contributed by atoms with Crippen LogP contribution in [0.3, 0.4) is 0 Å². The Morgan fingerprint density at radius 3 is 2.06 bits per heavy atom. The number of halogens is 6. The number of carboxylic acid groups (broad SMARTS) is 2. The molecule has 0 unspecified atom stereocenters. The Bertz CT molecular complexity index is 889. The Kier molecular flexibility index (Phi) is 11.0. The van der Waals surface area contributed by atoms with Crippen LogP contribution in [-0.2, 0) is 35.6 Å². The van der Waals surface area contributed by atoms with Crippen LogP contribution in [0.25, 0.3) is 0 Å². The van der Waals surface area contributed by atoms with E-state index in [-0.39, 0.29) is 0 Å². The molecule has 0 aromatic carbocycles. The second kappa shape index (κ2) is 12.7. The number of fused-ring (bicyclic) bond motifs is 1. The van der Waals surface area contributed by atoms with Gasteiger partial charge in [-0.2, -0.15) is 37.7 Å². The summed E-state index contributed by atoms with van der Waals surface area (Å²) in [5.74, 6) is -4.27. The molecule has 0 spiro atoms. The molecule has 0 saturated carbocycles. The van der Waals surface area contributed by atoms with Gasteiger partial charge >= 0.3 is 24.3 Å². The van der Waals surface area contributed by atoms with Gasteiger partial charge in [0.15, 0.2) is 0 Å². The third-order valence-electron chi connectivity index (χ3n) is 4.26. The van der Waals surface area contributed by atoms with Crippen LogP contribution in [0, 0.1) is 0 Å². The van der Waals surface area contributed by atoms with E-state index < -0.39 is 24.3 Å². The minimum absolute atomic E-state index is 0.970. The van der Waals surface area contributed by atoms with E-state index in [1.54, 1.807) is 11.3 Å². The van der Waals surface area contributed by atoms with E-state index in [1.807, 2.05) is 6.20 Å². The molecule has 0 radical (unpaired) electrons. The Balaban J connectivity index is 0.000000343. The number of imidazole rings is 1. The zero-order valence-electron chi connectivity index (χ0n) is 18.2. The van der Waals surface area contributed by atoms with Gasteiger partial charge in [0, 0.05) is 45.3 Å². The Morgan fingerprint density at radius 1 is 1.06 bits per heavy atom. The first-order valence-corrected chi connectivity index (χ1v) is 10.6. The van der Waals surface area contributed by atoms with Gasteiger partial charge in [-0.25, -0.2) is 14.6 Å². The third kappa shape index (κ3) is 10.5. The molecule has 2 aromatic heterocycles. The monoisotopic (exact) mass is 518 g/mol. The number of hydrogen-bond acceptors (Lipinski definition) is 6. The molecule has 0 saturated heterocycles. The molecular weight excluding hydrogens is 494 g/mol. The van der Waals surface area contributed by atoms with Crippen LogP contribution in [0.4, 0.5) is 26.3 Å². The summed E-state index contributed by atoms with van der Waals surface area (Å²) in [6, 6.07) is 2.23. The molecular formula is C19H24F6N4O4S. The Morgan fingerprint density at radius 2 is 1.62 bits per heavy atom. The fraction of sp³-hybridized carbons (Fsp3) is 0.526. The maximum Gasteiger partial charge on any atom is 0.490 e. The second-order valence-electron chi connectivity index (χ2n) is 7.32. The summed E-state index contributed by atoms with van der Waals surface area (Å²) in [5, 5.41) is 18.7. The fourth-order valence-electron chi connectivity index (χ4n) is 2.79. The van der Waals surface area contributed by atoms with Crippen molar-refractivity contribution in [2.45, 2.75) is 38.4 Å². The van der Waals surface area contributed by atoms with Gasteiger partial charge in [0.2, 0.25) is 0 Å². The molecule has 0 atom stereocenters. The first-order valence-electron chi connectivity index (χ1n) is 9.63. The summed E-state index contributed by atoms with van der Waals surface area (Å²) in [6.45, 7) is 5.31. The summed E-state index contributed by atoms with van der Waals surface area (Å²) in [6.07, 6.45) is -7.07. The molecule has 1 aliphatic rings. The van der Waals surface area contributed by atoms with Crippen LogP contribution in [0.1, 0.15) is 17.1 Å². The summed E-state index contributed by atoms with van der Waals surface area (Å²) in [7, 11) is 4.22. The molecule has 0 aliphatic carbocycles. The molecule has 34 heavy (non-hydrogen) atoms. The molecule has 0 amide bonds. The number of carbonyl (C=O) groups is 2. The number of carboxylic acids is 2. The summed E-state index contributed by atoms with van der Waals surface area (Å²) >= 11 is 1.78. The van der Waals surface area contributed by atoms with Crippen molar-refractivity contribution in [3.05, 3.63) is 40.1 Å². The van der Waals surface area contributed by atoms with Crippen molar-refractivity contribution in [3.8, 4) is 0 Å². The Labute approximate surface area is 195 Å². The van der Waals surface area contributed by atoms with E-state index in [1.165, 1.54) is 17.1 Å². The van der Waals surface area contributed by atoms with E-state index in [0.717, 1.165) is 39.1 Å². The molecule has 8 nitrogen and oxygen atoms in total. The number of aliphatic carboxylic acids is 2. The lowest BCUT2D eigenvalue weighted by Gasteiger charge is -2.19. The van der Waals surface area contributed by atoms with Gasteiger partial charge < -0.3 is 19.7 Å².